The number of aryl methyl sites for hydroxylation is 3. The first-order valence-corrected chi connectivity index (χ1v) is 8.46. The van der Waals surface area contributed by atoms with Gasteiger partial charge < -0.3 is 5.32 Å². The molecule has 3 nitrogen and oxygen atoms in total. The van der Waals surface area contributed by atoms with E-state index in [9.17, 15) is 0 Å². The Morgan fingerprint density at radius 1 is 1.26 bits per heavy atom. The first kappa shape index (κ1) is 14.6. The van der Waals surface area contributed by atoms with E-state index in [4.69, 9.17) is 4.98 Å². The first-order valence-electron chi connectivity index (χ1n) is 6.77. The van der Waals surface area contributed by atoms with Crippen molar-refractivity contribution in [2.24, 2.45) is 0 Å². The van der Waals surface area contributed by atoms with E-state index in [1.165, 1.54) is 10.6 Å². The molecule has 0 aliphatic carbocycles. The lowest BCUT2D eigenvalue weighted by atomic mass is 10.2. The first-order chi connectivity index (χ1) is 9.15. The van der Waals surface area contributed by atoms with Gasteiger partial charge in [0, 0.05) is 10.3 Å². The summed E-state index contributed by atoms with van der Waals surface area (Å²) in [6.07, 6.45) is 2.11. The van der Waals surface area contributed by atoms with Gasteiger partial charge >= 0.3 is 0 Å². The number of hydrogen-bond acceptors (Lipinski definition) is 5. The monoisotopic (exact) mass is 295 g/mol. The molecule has 0 spiro atoms. The molecule has 2 rings (SSSR count). The summed E-state index contributed by atoms with van der Waals surface area (Å²) >= 11 is 3.50. The molecule has 1 N–H and O–H groups in total. The van der Waals surface area contributed by atoms with Crippen LogP contribution in [-0.2, 0) is 6.42 Å². The van der Waals surface area contributed by atoms with E-state index in [0.29, 0.717) is 0 Å². The topological polar surface area (TPSA) is 37.8 Å². The molecule has 0 fully saturated rings. The van der Waals surface area contributed by atoms with Crippen LogP contribution in [0.25, 0.3) is 0 Å². The van der Waals surface area contributed by atoms with Crippen LogP contribution in [0.15, 0.2) is 5.38 Å². The van der Waals surface area contributed by atoms with Gasteiger partial charge in [-0.25, -0.2) is 9.97 Å². The summed E-state index contributed by atoms with van der Waals surface area (Å²) in [6.45, 7) is 9.54. The number of hydrogen-bond donors (Lipinski definition) is 1. The summed E-state index contributed by atoms with van der Waals surface area (Å²) in [5.74, 6) is 0. The molecule has 0 amide bonds. The Kier molecular flexibility index (Phi) is 5.07. The molecule has 2 aromatic heterocycles. The van der Waals surface area contributed by atoms with Crippen molar-refractivity contribution in [3.05, 3.63) is 31.7 Å². The van der Waals surface area contributed by atoms with Gasteiger partial charge in [-0.15, -0.1) is 22.7 Å². The van der Waals surface area contributed by atoms with Crippen LogP contribution in [-0.4, -0.2) is 16.5 Å². The summed E-state index contributed by atoms with van der Waals surface area (Å²) in [5.41, 5.74) is 2.32. The number of nitrogens with one attached hydrogen (secondary N) is 1. The third-order valence-corrected chi connectivity index (χ3v) is 4.89. The Morgan fingerprint density at radius 3 is 2.58 bits per heavy atom. The van der Waals surface area contributed by atoms with E-state index < -0.39 is 0 Å². The van der Waals surface area contributed by atoms with Crippen molar-refractivity contribution in [3.63, 3.8) is 0 Å². The van der Waals surface area contributed by atoms with Gasteiger partial charge in [0.25, 0.3) is 0 Å². The predicted octanol–water partition coefficient (Wildman–Crippen LogP) is 3.87. The molecular formula is C14H21N3S2. The van der Waals surface area contributed by atoms with Gasteiger partial charge in [-0.1, -0.05) is 13.8 Å². The van der Waals surface area contributed by atoms with Crippen molar-refractivity contribution in [2.75, 3.05) is 6.54 Å². The van der Waals surface area contributed by atoms with Gasteiger partial charge in [-0.05, 0) is 33.2 Å². The molecule has 1 atom stereocenters. The minimum atomic E-state index is 0.147. The zero-order valence-electron chi connectivity index (χ0n) is 12.0. The maximum Gasteiger partial charge on any atom is 0.116 e. The Labute approximate surface area is 123 Å². The summed E-state index contributed by atoms with van der Waals surface area (Å²) in [4.78, 5) is 10.7. The Bertz CT molecular complexity index is 531. The molecule has 0 aromatic carbocycles. The third kappa shape index (κ3) is 3.41. The third-order valence-electron chi connectivity index (χ3n) is 3.02. The predicted molar refractivity (Wildman–Crippen MR) is 83.2 cm³/mol. The lowest BCUT2D eigenvalue weighted by Gasteiger charge is -2.13. The highest BCUT2D eigenvalue weighted by molar-refractivity contribution is 7.12. The molecule has 1 unspecified atom stereocenters. The van der Waals surface area contributed by atoms with Crippen LogP contribution in [0.3, 0.4) is 0 Å². The molecule has 0 aliphatic heterocycles. The van der Waals surface area contributed by atoms with Gasteiger partial charge in [0.2, 0.25) is 0 Å². The van der Waals surface area contributed by atoms with Gasteiger partial charge in [0.1, 0.15) is 11.0 Å². The van der Waals surface area contributed by atoms with E-state index in [0.717, 1.165) is 35.1 Å². The van der Waals surface area contributed by atoms with Crippen LogP contribution in [0.4, 0.5) is 0 Å². The molecule has 0 saturated carbocycles. The minimum Gasteiger partial charge on any atom is -0.303 e. The standard InChI is InChI=1S/C14H21N3S2/c1-5-7-15-13(12-8-18-10(4)16-12)14-17-11(6-2)9(3)19-14/h8,13,15H,5-7H2,1-4H3. The van der Waals surface area contributed by atoms with E-state index in [2.05, 4.69) is 43.4 Å². The maximum absolute atomic E-state index is 4.79. The average molecular weight is 295 g/mol. The largest absolute Gasteiger partial charge is 0.303 e. The summed E-state index contributed by atoms with van der Waals surface area (Å²) in [7, 11) is 0. The van der Waals surface area contributed by atoms with E-state index >= 15 is 0 Å². The quantitative estimate of drug-likeness (QED) is 0.879. The van der Waals surface area contributed by atoms with E-state index in [1.807, 2.05) is 0 Å². The van der Waals surface area contributed by atoms with Gasteiger partial charge in [-0.3, -0.25) is 0 Å². The van der Waals surface area contributed by atoms with Crippen molar-refractivity contribution in [2.45, 2.75) is 46.6 Å². The van der Waals surface area contributed by atoms with Crippen LogP contribution < -0.4 is 5.32 Å². The van der Waals surface area contributed by atoms with Crippen molar-refractivity contribution in [3.8, 4) is 0 Å². The SMILES string of the molecule is CCCNC(c1csc(C)n1)c1nc(CC)c(C)s1. The van der Waals surface area contributed by atoms with Crippen molar-refractivity contribution >= 4 is 22.7 Å². The zero-order chi connectivity index (χ0) is 13.8. The van der Waals surface area contributed by atoms with Gasteiger partial charge in [0.15, 0.2) is 0 Å². The molecule has 0 bridgehead atoms. The molecule has 0 saturated heterocycles. The number of nitrogens with zero attached hydrogens (tertiary/aromatic N) is 2. The zero-order valence-corrected chi connectivity index (χ0v) is 13.6. The highest BCUT2D eigenvalue weighted by Crippen LogP contribution is 2.29. The highest BCUT2D eigenvalue weighted by atomic mass is 32.1. The van der Waals surface area contributed by atoms with Gasteiger partial charge in [0.05, 0.1) is 16.4 Å². The average Bonchev–Trinajstić information content (AvgIpc) is 2.97. The smallest absolute Gasteiger partial charge is 0.116 e. The number of thiazole rings is 2. The maximum atomic E-state index is 4.79. The van der Waals surface area contributed by atoms with Crippen molar-refractivity contribution in [1.82, 2.24) is 15.3 Å². The van der Waals surface area contributed by atoms with Crippen LogP contribution in [0.2, 0.25) is 0 Å². The highest BCUT2D eigenvalue weighted by Gasteiger charge is 2.20. The second kappa shape index (κ2) is 6.59. The van der Waals surface area contributed by atoms with Crippen LogP contribution in [0, 0.1) is 13.8 Å². The molecular weight excluding hydrogens is 274 g/mol. The van der Waals surface area contributed by atoms with Crippen molar-refractivity contribution < 1.29 is 0 Å². The van der Waals surface area contributed by atoms with Crippen LogP contribution in [0.1, 0.15) is 52.6 Å². The second-order valence-corrected chi connectivity index (χ2v) is 6.88. The molecule has 0 aliphatic rings. The summed E-state index contributed by atoms with van der Waals surface area (Å²) in [5, 5.41) is 7.98. The normalized spacial score (nSPS) is 12.8. The second-order valence-electron chi connectivity index (χ2n) is 4.59. The number of rotatable bonds is 6. The van der Waals surface area contributed by atoms with Crippen LogP contribution in [0.5, 0.6) is 0 Å². The summed E-state index contributed by atoms with van der Waals surface area (Å²) < 4.78 is 0. The summed E-state index contributed by atoms with van der Waals surface area (Å²) in [6, 6.07) is 0.147. The molecule has 104 valence electrons. The fraction of sp³-hybridized carbons (Fsp3) is 0.571. The molecule has 0 radical (unpaired) electrons. The Balaban J connectivity index is 2.30. The van der Waals surface area contributed by atoms with E-state index in [1.54, 1.807) is 22.7 Å². The van der Waals surface area contributed by atoms with Crippen LogP contribution >= 0.6 is 22.7 Å². The van der Waals surface area contributed by atoms with Gasteiger partial charge in [-0.2, -0.15) is 0 Å². The molecule has 2 aromatic rings. The van der Waals surface area contributed by atoms with Crippen molar-refractivity contribution in [1.29, 1.82) is 0 Å². The number of aromatic nitrogens is 2. The fourth-order valence-electron chi connectivity index (χ4n) is 2.02. The molecule has 5 heteroatoms. The lowest BCUT2D eigenvalue weighted by Crippen LogP contribution is -2.23. The fourth-order valence-corrected chi connectivity index (χ4v) is 3.76. The molecule has 19 heavy (non-hydrogen) atoms. The minimum absolute atomic E-state index is 0.147. The Hall–Kier alpha value is -0.780. The molecule has 2 heterocycles. The lowest BCUT2D eigenvalue weighted by molar-refractivity contribution is 0.584. The van der Waals surface area contributed by atoms with E-state index in [-0.39, 0.29) is 6.04 Å². The Morgan fingerprint density at radius 2 is 2.05 bits per heavy atom.